The van der Waals surface area contributed by atoms with Crippen molar-refractivity contribution < 1.29 is 27.8 Å². The van der Waals surface area contributed by atoms with E-state index in [1.54, 1.807) is 6.92 Å². The number of benzene rings is 3. The number of aryl methyl sites for hydroxylation is 1. The van der Waals surface area contributed by atoms with E-state index in [0.29, 0.717) is 11.1 Å². The maximum atomic E-state index is 13.5. The number of halogens is 4. The van der Waals surface area contributed by atoms with Crippen molar-refractivity contribution in [1.29, 1.82) is 0 Å². The standard InChI is InChI=1S/C24H18ClF3N2O3S/c1-13-7-17(25)10-18(21(13)31)22(32)30-23-29-20-15(12-33-11-14-5-3-2-4-6-14)8-16(24(26,27)28)9-19(20)34-23/h2-10,31H,11-12H2,1H3,(H,29,30,32). The highest BCUT2D eigenvalue weighted by molar-refractivity contribution is 7.22. The number of anilines is 1. The summed E-state index contributed by atoms with van der Waals surface area (Å²) in [6, 6.07) is 14.1. The first kappa shape index (κ1) is 24.0. The monoisotopic (exact) mass is 506 g/mol. The Balaban J connectivity index is 1.63. The number of alkyl halides is 3. The molecule has 0 saturated carbocycles. The molecular weight excluding hydrogens is 489 g/mol. The molecule has 0 aliphatic carbocycles. The van der Waals surface area contributed by atoms with Crippen LogP contribution in [0, 0.1) is 6.92 Å². The highest BCUT2D eigenvalue weighted by Crippen LogP contribution is 2.37. The van der Waals surface area contributed by atoms with Crippen LogP contribution in [0.4, 0.5) is 18.3 Å². The normalized spacial score (nSPS) is 11.7. The Kier molecular flexibility index (Phi) is 6.79. The zero-order valence-electron chi connectivity index (χ0n) is 17.7. The Hall–Kier alpha value is -3.14. The van der Waals surface area contributed by atoms with Gasteiger partial charge in [0.2, 0.25) is 0 Å². The van der Waals surface area contributed by atoms with Gasteiger partial charge in [-0.2, -0.15) is 13.2 Å². The molecule has 2 N–H and O–H groups in total. The Morgan fingerprint density at radius 3 is 2.59 bits per heavy atom. The van der Waals surface area contributed by atoms with Gasteiger partial charge in [0.15, 0.2) is 5.13 Å². The molecule has 4 aromatic rings. The molecule has 0 atom stereocenters. The lowest BCUT2D eigenvalue weighted by molar-refractivity contribution is -0.137. The predicted molar refractivity (Wildman–Crippen MR) is 125 cm³/mol. The summed E-state index contributed by atoms with van der Waals surface area (Å²) >= 11 is 6.88. The third kappa shape index (κ3) is 5.32. The Morgan fingerprint density at radius 1 is 1.15 bits per heavy atom. The van der Waals surface area contributed by atoms with Crippen LogP contribution in [0.1, 0.15) is 32.6 Å². The van der Waals surface area contributed by atoms with Crippen molar-refractivity contribution in [2.45, 2.75) is 26.3 Å². The smallest absolute Gasteiger partial charge is 0.416 e. The average Bonchev–Trinajstić information content (AvgIpc) is 3.18. The van der Waals surface area contributed by atoms with Crippen LogP contribution in [0.3, 0.4) is 0 Å². The Morgan fingerprint density at radius 2 is 1.88 bits per heavy atom. The number of nitrogens with zero attached hydrogens (tertiary/aromatic N) is 1. The predicted octanol–water partition coefficient (Wildman–Crippen LogP) is 6.95. The minimum absolute atomic E-state index is 0.0633. The van der Waals surface area contributed by atoms with Crippen molar-refractivity contribution in [3.05, 3.63) is 87.4 Å². The van der Waals surface area contributed by atoms with Crippen molar-refractivity contribution in [3.63, 3.8) is 0 Å². The summed E-state index contributed by atoms with van der Waals surface area (Å²) in [6.45, 7) is 1.72. The molecule has 0 spiro atoms. The minimum Gasteiger partial charge on any atom is -0.507 e. The molecule has 1 amide bonds. The first-order valence-electron chi connectivity index (χ1n) is 10.0. The van der Waals surface area contributed by atoms with E-state index < -0.39 is 17.6 Å². The minimum atomic E-state index is -4.56. The van der Waals surface area contributed by atoms with Gasteiger partial charge in [-0.15, -0.1) is 0 Å². The van der Waals surface area contributed by atoms with Crippen LogP contribution in [0.2, 0.25) is 5.02 Å². The van der Waals surface area contributed by atoms with Gasteiger partial charge in [0.05, 0.1) is 34.6 Å². The second-order valence-electron chi connectivity index (χ2n) is 7.55. The molecule has 3 aromatic carbocycles. The average molecular weight is 507 g/mol. The van der Waals surface area contributed by atoms with Gasteiger partial charge >= 0.3 is 6.18 Å². The summed E-state index contributed by atoms with van der Waals surface area (Å²) < 4.78 is 46.3. The van der Waals surface area contributed by atoms with Gasteiger partial charge in [0, 0.05) is 10.6 Å². The topological polar surface area (TPSA) is 71.5 Å². The SMILES string of the molecule is Cc1cc(Cl)cc(C(=O)Nc2nc3c(COCc4ccccc4)cc(C(F)(F)F)cc3s2)c1O. The molecule has 10 heteroatoms. The number of phenolic OH excluding ortho intramolecular Hbond substituents is 1. The van der Waals surface area contributed by atoms with E-state index in [9.17, 15) is 23.1 Å². The molecule has 0 saturated heterocycles. The van der Waals surface area contributed by atoms with Crippen LogP contribution in [-0.4, -0.2) is 16.0 Å². The van der Waals surface area contributed by atoms with Gasteiger partial charge in [0.25, 0.3) is 5.91 Å². The summed E-state index contributed by atoms with van der Waals surface area (Å²) in [4.78, 5) is 17.0. The van der Waals surface area contributed by atoms with Crippen LogP contribution >= 0.6 is 22.9 Å². The Labute approximate surface area is 201 Å². The summed E-state index contributed by atoms with van der Waals surface area (Å²) in [5, 5.41) is 13.1. The van der Waals surface area contributed by atoms with E-state index in [0.717, 1.165) is 29.0 Å². The van der Waals surface area contributed by atoms with Gasteiger partial charge in [-0.1, -0.05) is 53.3 Å². The lowest BCUT2D eigenvalue weighted by atomic mass is 10.1. The largest absolute Gasteiger partial charge is 0.507 e. The van der Waals surface area contributed by atoms with Crippen LogP contribution in [0.15, 0.2) is 54.6 Å². The fraction of sp³-hybridized carbons (Fsp3) is 0.167. The number of hydrogen-bond acceptors (Lipinski definition) is 5. The van der Waals surface area contributed by atoms with Gasteiger partial charge in [-0.25, -0.2) is 4.98 Å². The number of ether oxygens (including phenoxy) is 1. The second-order valence-corrected chi connectivity index (χ2v) is 9.02. The summed E-state index contributed by atoms with van der Waals surface area (Å²) in [6.07, 6.45) is -4.56. The molecule has 5 nitrogen and oxygen atoms in total. The molecule has 176 valence electrons. The maximum absolute atomic E-state index is 13.5. The highest BCUT2D eigenvalue weighted by Gasteiger charge is 2.32. The number of amides is 1. The zero-order chi connectivity index (χ0) is 24.5. The van der Waals surface area contributed by atoms with Crippen LogP contribution < -0.4 is 5.32 Å². The number of carbonyl (C=O) groups excluding carboxylic acids is 1. The first-order valence-corrected chi connectivity index (χ1v) is 11.2. The number of nitrogens with one attached hydrogen (secondary N) is 1. The zero-order valence-corrected chi connectivity index (χ0v) is 19.3. The summed E-state index contributed by atoms with van der Waals surface area (Å²) in [7, 11) is 0. The molecule has 0 fully saturated rings. The fourth-order valence-corrected chi connectivity index (χ4v) is 4.57. The molecule has 4 rings (SSSR count). The molecule has 1 aromatic heterocycles. The number of fused-ring (bicyclic) bond motifs is 1. The van der Waals surface area contributed by atoms with E-state index >= 15 is 0 Å². The molecule has 0 aliphatic rings. The maximum Gasteiger partial charge on any atom is 0.416 e. The van der Waals surface area contributed by atoms with E-state index in [2.05, 4.69) is 10.3 Å². The molecule has 0 unspecified atom stereocenters. The first-order chi connectivity index (χ1) is 16.1. The van der Waals surface area contributed by atoms with E-state index in [-0.39, 0.29) is 44.9 Å². The third-order valence-electron chi connectivity index (χ3n) is 5.00. The number of aromatic hydroxyl groups is 1. The number of rotatable bonds is 6. The number of thiazole rings is 1. The molecule has 1 heterocycles. The molecule has 0 aliphatic heterocycles. The summed E-state index contributed by atoms with van der Waals surface area (Å²) in [5.41, 5.74) is 0.949. The van der Waals surface area contributed by atoms with Crippen molar-refractivity contribution in [2.75, 3.05) is 5.32 Å². The van der Waals surface area contributed by atoms with Gasteiger partial charge < -0.3 is 9.84 Å². The second kappa shape index (κ2) is 9.61. The van der Waals surface area contributed by atoms with Crippen LogP contribution in [-0.2, 0) is 24.1 Å². The number of phenols is 1. The number of hydrogen-bond donors (Lipinski definition) is 2. The van der Waals surface area contributed by atoms with Gasteiger partial charge in [-0.05, 0) is 42.3 Å². The fourth-order valence-electron chi connectivity index (χ4n) is 3.35. The van der Waals surface area contributed by atoms with Crippen molar-refractivity contribution >= 4 is 44.2 Å². The number of aromatic nitrogens is 1. The highest BCUT2D eigenvalue weighted by atomic mass is 35.5. The van der Waals surface area contributed by atoms with Crippen LogP contribution in [0.5, 0.6) is 5.75 Å². The van der Waals surface area contributed by atoms with E-state index in [1.165, 1.54) is 12.1 Å². The lowest BCUT2D eigenvalue weighted by Crippen LogP contribution is -2.12. The van der Waals surface area contributed by atoms with E-state index in [4.69, 9.17) is 16.3 Å². The van der Waals surface area contributed by atoms with Gasteiger partial charge in [0.1, 0.15) is 5.75 Å². The molecule has 0 radical (unpaired) electrons. The Bertz CT molecular complexity index is 1360. The van der Waals surface area contributed by atoms with E-state index in [1.807, 2.05) is 30.3 Å². The van der Waals surface area contributed by atoms with Crippen LogP contribution in [0.25, 0.3) is 10.2 Å². The summed E-state index contributed by atoms with van der Waals surface area (Å²) in [5.74, 6) is -0.919. The molecule has 34 heavy (non-hydrogen) atoms. The van der Waals surface area contributed by atoms with Crippen molar-refractivity contribution in [1.82, 2.24) is 4.98 Å². The van der Waals surface area contributed by atoms with Crippen molar-refractivity contribution in [2.24, 2.45) is 0 Å². The lowest BCUT2D eigenvalue weighted by Gasteiger charge is -2.10. The quantitative estimate of drug-likeness (QED) is 0.297. The number of carbonyl (C=O) groups is 1. The van der Waals surface area contributed by atoms with Crippen molar-refractivity contribution in [3.8, 4) is 5.75 Å². The van der Waals surface area contributed by atoms with Gasteiger partial charge in [-0.3, -0.25) is 10.1 Å². The molecule has 0 bridgehead atoms. The molecular formula is C24H18ClF3N2O3S. The third-order valence-corrected chi connectivity index (χ3v) is 6.14.